The van der Waals surface area contributed by atoms with Crippen LogP contribution in [-0.2, 0) is 13.0 Å². The van der Waals surface area contributed by atoms with E-state index in [-0.39, 0.29) is 11.5 Å². The lowest BCUT2D eigenvalue weighted by atomic mass is 10.0. The van der Waals surface area contributed by atoms with Crippen molar-refractivity contribution >= 4 is 11.6 Å². The van der Waals surface area contributed by atoms with Crippen LogP contribution in [0.25, 0.3) is 0 Å². The zero-order chi connectivity index (χ0) is 22.0. The molecule has 0 bridgehead atoms. The second kappa shape index (κ2) is 8.46. The van der Waals surface area contributed by atoms with E-state index in [0.29, 0.717) is 18.7 Å². The summed E-state index contributed by atoms with van der Waals surface area (Å²) in [6.07, 6.45) is 0.880. The fourth-order valence-corrected chi connectivity index (χ4v) is 4.00. The average Bonchev–Trinajstić information content (AvgIpc) is 3.07. The fourth-order valence-electron chi connectivity index (χ4n) is 4.00. The van der Waals surface area contributed by atoms with Crippen LogP contribution in [0.5, 0.6) is 11.5 Å². The molecular weight excluding hydrogens is 386 g/mol. The number of carbonyl (C=O) groups excluding carboxylic acids is 1. The minimum absolute atomic E-state index is 0.00270. The molecule has 1 aliphatic heterocycles. The second-order valence-electron chi connectivity index (χ2n) is 8.66. The van der Waals surface area contributed by atoms with Crippen molar-refractivity contribution in [2.45, 2.75) is 46.3 Å². The Hall–Kier alpha value is -3.27. The van der Waals surface area contributed by atoms with Crippen molar-refractivity contribution in [3.05, 3.63) is 89.0 Å². The summed E-state index contributed by atoms with van der Waals surface area (Å²) in [6.45, 7) is 9.23. The van der Waals surface area contributed by atoms with E-state index in [1.165, 1.54) is 5.56 Å². The summed E-state index contributed by atoms with van der Waals surface area (Å²) >= 11 is 0. The number of amides is 1. The SMILES string of the molecule is CCN(C(=O)c1ccc(COc2cccc3c2OC(C)(C)C3)cc1)c1cccc(C)c1. The molecule has 0 aliphatic carbocycles. The summed E-state index contributed by atoms with van der Waals surface area (Å²) in [4.78, 5) is 14.8. The third kappa shape index (κ3) is 4.58. The minimum Gasteiger partial charge on any atom is -0.485 e. The van der Waals surface area contributed by atoms with Gasteiger partial charge in [-0.3, -0.25) is 4.79 Å². The summed E-state index contributed by atoms with van der Waals surface area (Å²) < 4.78 is 12.1. The van der Waals surface area contributed by atoms with E-state index in [1.54, 1.807) is 4.90 Å². The molecule has 3 aromatic carbocycles. The molecule has 4 nitrogen and oxygen atoms in total. The summed E-state index contributed by atoms with van der Waals surface area (Å²) in [6, 6.07) is 21.7. The fraction of sp³-hybridized carbons (Fsp3) is 0.296. The molecule has 1 amide bonds. The van der Waals surface area contributed by atoms with Gasteiger partial charge < -0.3 is 14.4 Å². The zero-order valence-electron chi connectivity index (χ0n) is 18.6. The first kappa shape index (κ1) is 21.0. The molecule has 0 fully saturated rings. The molecule has 0 aromatic heterocycles. The molecule has 4 rings (SSSR count). The number of benzene rings is 3. The van der Waals surface area contributed by atoms with E-state index in [2.05, 4.69) is 19.9 Å². The highest BCUT2D eigenvalue weighted by atomic mass is 16.5. The molecule has 0 saturated carbocycles. The van der Waals surface area contributed by atoms with Gasteiger partial charge in [-0.05, 0) is 69.2 Å². The maximum atomic E-state index is 13.0. The second-order valence-corrected chi connectivity index (χ2v) is 8.66. The van der Waals surface area contributed by atoms with Gasteiger partial charge in [-0.25, -0.2) is 0 Å². The van der Waals surface area contributed by atoms with Crippen molar-refractivity contribution in [1.29, 1.82) is 0 Å². The smallest absolute Gasteiger partial charge is 0.258 e. The molecule has 0 spiro atoms. The summed E-state index contributed by atoms with van der Waals surface area (Å²) in [5.41, 5.74) is 4.70. The van der Waals surface area contributed by atoms with Crippen LogP contribution in [0.4, 0.5) is 5.69 Å². The van der Waals surface area contributed by atoms with Crippen LogP contribution in [-0.4, -0.2) is 18.1 Å². The largest absolute Gasteiger partial charge is 0.485 e. The van der Waals surface area contributed by atoms with Crippen molar-refractivity contribution in [3.63, 3.8) is 0 Å². The number of hydrogen-bond acceptors (Lipinski definition) is 3. The number of anilines is 1. The van der Waals surface area contributed by atoms with Crippen LogP contribution in [0.15, 0.2) is 66.7 Å². The quantitative estimate of drug-likeness (QED) is 0.499. The number of rotatable bonds is 6. The van der Waals surface area contributed by atoms with Crippen LogP contribution in [0, 0.1) is 6.92 Å². The molecule has 0 unspecified atom stereocenters. The first-order valence-electron chi connectivity index (χ1n) is 10.8. The van der Waals surface area contributed by atoms with Gasteiger partial charge in [0.1, 0.15) is 12.2 Å². The number of nitrogens with zero attached hydrogens (tertiary/aromatic N) is 1. The number of fused-ring (bicyclic) bond motifs is 1. The lowest BCUT2D eigenvalue weighted by Gasteiger charge is -2.21. The van der Waals surface area contributed by atoms with E-state index in [0.717, 1.165) is 34.7 Å². The van der Waals surface area contributed by atoms with E-state index < -0.39 is 0 Å². The number of ether oxygens (including phenoxy) is 2. The molecule has 1 aliphatic rings. The lowest BCUT2D eigenvalue weighted by Crippen LogP contribution is -2.30. The maximum Gasteiger partial charge on any atom is 0.258 e. The van der Waals surface area contributed by atoms with Crippen molar-refractivity contribution in [1.82, 2.24) is 0 Å². The predicted molar refractivity (Wildman–Crippen MR) is 124 cm³/mol. The molecule has 160 valence electrons. The van der Waals surface area contributed by atoms with Gasteiger partial charge in [-0.15, -0.1) is 0 Å². The Morgan fingerprint density at radius 2 is 1.81 bits per heavy atom. The maximum absolute atomic E-state index is 13.0. The van der Waals surface area contributed by atoms with Crippen molar-refractivity contribution in [2.75, 3.05) is 11.4 Å². The average molecular weight is 416 g/mol. The molecule has 3 aromatic rings. The third-order valence-electron chi connectivity index (χ3n) is 5.52. The summed E-state index contributed by atoms with van der Waals surface area (Å²) in [5, 5.41) is 0. The molecule has 0 radical (unpaired) electrons. The molecular formula is C27H29NO3. The van der Waals surface area contributed by atoms with Crippen molar-refractivity contribution in [2.24, 2.45) is 0 Å². The Kier molecular flexibility index (Phi) is 5.73. The van der Waals surface area contributed by atoms with E-state index in [4.69, 9.17) is 9.47 Å². The van der Waals surface area contributed by atoms with Crippen LogP contribution in [0.3, 0.4) is 0 Å². The normalized spacial score (nSPS) is 13.9. The number of aryl methyl sites for hydroxylation is 1. The highest BCUT2D eigenvalue weighted by molar-refractivity contribution is 6.06. The van der Waals surface area contributed by atoms with Crippen LogP contribution < -0.4 is 14.4 Å². The van der Waals surface area contributed by atoms with Crippen molar-refractivity contribution in [3.8, 4) is 11.5 Å². The molecule has 0 atom stereocenters. The lowest BCUT2D eigenvalue weighted by molar-refractivity contribution is 0.0988. The van der Waals surface area contributed by atoms with E-state index in [1.807, 2.05) is 74.5 Å². The monoisotopic (exact) mass is 415 g/mol. The molecule has 1 heterocycles. The van der Waals surface area contributed by atoms with Gasteiger partial charge >= 0.3 is 0 Å². The Labute approximate surface area is 184 Å². The molecule has 31 heavy (non-hydrogen) atoms. The van der Waals surface area contributed by atoms with Gasteiger partial charge in [0.05, 0.1) is 0 Å². The van der Waals surface area contributed by atoms with Crippen LogP contribution in [0.1, 0.15) is 47.8 Å². The molecule has 0 saturated heterocycles. The predicted octanol–water partition coefficient (Wildman–Crippen LogP) is 5.95. The first-order chi connectivity index (χ1) is 14.9. The summed E-state index contributed by atoms with van der Waals surface area (Å²) in [7, 11) is 0. The van der Waals surface area contributed by atoms with Gasteiger partial charge in [-0.1, -0.05) is 36.4 Å². The topological polar surface area (TPSA) is 38.8 Å². The number of para-hydroxylation sites is 1. The van der Waals surface area contributed by atoms with Crippen LogP contribution >= 0.6 is 0 Å². The Morgan fingerprint density at radius 3 is 2.52 bits per heavy atom. The summed E-state index contributed by atoms with van der Waals surface area (Å²) in [5.74, 6) is 1.60. The van der Waals surface area contributed by atoms with Gasteiger partial charge in [-0.2, -0.15) is 0 Å². The highest BCUT2D eigenvalue weighted by Gasteiger charge is 2.32. The molecule has 0 N–H and O–H groups in total. The van der Waals surface area contributed by atoms with Crippen LogP contribution in [0.2, 0.25) is 0 Å². The van der Waals surface area contributed by atoms with Gasteiger partial charge in [0.25, 0.3) is 5.91 Å². The zero-order valence-corrected chi connectivity index (χ0v) is 18.6. The minimum atomic E-state index is -0.202. The van der Waals surface area contributed by atoms with E-state index in [9.17, 15) is 4.79 Å². The van der Waals surface area contributed by atoms with Gasteiger partial charge in [0.15, 0.2) is 11.5 Å². The van der Waals surface area contributed by atoms with Gasteiger partial charge in [0.2, 0.25) is 0 Å². The molecule has 4 heteroatoms. The Morgan fingerprint density at radius 1 is 1.06 bits per heavy atom. The Balaban J connectivity index is 1.45. The standard InChI is InChI=1S/C27H29NO3/c1-5-28(23-10-6-8-19(2)16-23)26(29)21-14-12-20(13-15-21)18-30-24-11-7-9-22-17-27(3,4)31-25(22)24/h6-16H,5,17-18H2,1-4H3. The number of hydrogen-bond donors (Lipinski definition) is 0. The Bertz CT molecular complexity index is 1090. The van der Waals surface area contributed by atoms with Crippen molar-refractivity contribution < 1.29 is 14.3 Å². The van der Waals surface area contributed by atoms with E-state index >= 15 is 0 Å². The van der Waals surface area contributed by atoms with Gasteiger partial charge in [0, 0.05) is 29.8 Å². The first-order valence-corrected chi connectivity index (χ1v) is 10.8. The third-order valence-corrected chi connectivity index (χ3v) is 5.52. The highest BCUT2D eigenvalue weighted by Crippen LogP contribution is 2.42. The number of carbonyl (C=O) groups is 1.